The molecule has 154 valence electrons. The number of nitrogens with zero attached hydrogens (tertiary/aromatic N) is 4. The van der Waals surface area contributed by atoms with E-state index >= 15 is 0 Å². The molecule has 0 radical (unpaired) electrons. The van der Waals surface area contributed by atoms with Gasteiger partial charge in [0.1, 0.15) is 0 Å². The minimum atomic E-state index is -0.440. The normalized spacial score (nSPS) is 20.6. The highest BCUT2D eigenvalue weighted by Crippen LogP contribution is 2.43. The second-order valence-electron chi connectivity index (χ2n) is 7.46. The van der Waals surface area contributed by atoms with Crippen LogP contribution in [0.15, 0.2) is 24.3 Å². The number of piperidine rings is 1. The standard InChI is InChI=1S/C20H23ClN4O3S/c1-2-15-22-19-25(23-15)18(26)17(29-19)16(13-3-5-14(21)6-4-13)24-9-7-20(8-10-24)27-11-12-28-20/h3-6,16,26H,2,7-12H2,1H3. The van der Waals surface area contributed by atoms with Gasteiger partial charge in [0.05, 0.1) is 24.1 Å². The number of thiazole rings is 1. The second kappa shape index (κ2) is 7.52. The number of aryl methyl sites for hydroxylation is 1. The van der Waals surface area contributed by atoms with Crippen LogP contribution in [-0.4, -0.2) is 56.7 Å². The summed E-state index contributed by atoms with van der Waals surface area (Å²) in [5, 5.41) is 16.1. The van der Waals surface area contributed by atoms with E-state index in [0.29, 0.717) is 23.2 Å². The van der Waals surface area contributed by atoms with Crippen LogP contribution in [0, 0.1) is 0 Å². The quantitative estimate of drug-likeness (QED) is 0.675. The molecule has 29 heavy (non-hydrogen) atoms. The van der Waals surface area contributed by atoms with Gasteiger partial charge in [0.2, 0.25) is 10.8 Å². The van der Waals surface area contributed by atoms with E-state index in [1.165, 1.54) is 11.3 Å². The molecule has 4 heterocycles. The molecule has 1 atom stereocenters. The zero-order chi connectivity index (χ0) is 20.0. The highest BCUT2D eigenvalue weighted by atomic mass is 35.5. The Morgan fingerprint density at radius 3 is 2.52 bits per heavy atom. The summed E-state index contributed by atoms with van der Waals surface area (Å²) in [6.07, 6.45) is 2.34. The van der Waals surface area contributed by atoms with Gasteiger partial charge in [0, 0.05) is 37.4 Å². The van der Waals surface area contributed by atoms with Crippen molar-refractivity contribution < 1.29 is 14.6 Å². The molecular weight excluding hydrogens is 412 g/mol. The lowest BCUT2D eigenvalue weighted by Crippen LogP contribution is -2.46. The van der Waals surface area contributed by atoms with Crippen LogP contribution in [0.2, 0.25) is 5.02 Å². The van der Waals surface area contributed by atoms with Crippen LogP contribution in [-0.2, 0) is 15.9 Å². The average molecular weight is 435 g/mol. The molecule has 1 aromatic carbocycles. The van der Waals surface area contributed by atoms with Gasteiger partial charge >= 0.3 is 0 Å². The predicted molar refractivity (Wildman–Crippen MR) is 111 cm³/mol. The van der Waals surface area contributed by atoms with Gasteiger partial charge in [0.25, 0.3) is 0 Å². The maximum absolute atomic E-state index is 11.0. The van der Waals surface area contributed by atoms with Crippen molar-refractivity contribution in [3.63, 3.8) is 0 Å². The van der Waals surface area contributed by atoms with E-state index < -0.39 is 5.79 Å². The Morgan fingerprint density at radius 2 is 1.90 bits per heavy atom. The average Bonchev–Trinajstić information content (AvgIpc) is 3.43. The molecule has 1 unspecified atom stereocenters. The number of hydrogen-bond donors (Lipinski definition) is 1. The Morgan fingerprint density at radius 1 is 1.21 bits per heavy atom. The van der Waals surface area contributed by atoms with Crippen molar-refractivity contribution in [1.82, 2.24) is 19.5 Å². The van der Waals surface area contributed by atoms with Gasteiger partial charge in [-0.25, -0.2) is 4.98 Å². The summed E-state index contributed by atoms with van der Waals surface area (Å²) < 4.78 is 13.3. The van der Waals surface area contributed by atoms with Crippen molar-refractivity contribution in [3.8, 4) is 5.88 Å². The molecule has 2 aromatic heterocycles. The number of aromatic hydroxyl groups is 1. The van der Waals surface area contributed by atoms with Gasteiger partial charge in [0.15, 0.2) is 11.6 Å². The van der Waals surface area contributed by atoms with Gasteiger partial charge in [-0.3, -0.25) is 4.90 Å². The van der Waals surface area contributed by atoms with E-state index in [1.807, 2.05) is 31.2 Å². The molecule has 2 fully saturated rings. The highest BCUT2D eigenvalue weighted by molar-refractivity contribution is 7.17. The zero-order valence-electron chi connectivity index (χ0n) is 16.2. The highest BCUT2D eigenvalue weighted by Gasteiger charge is 2.42. The third-order valence-corrected chi connectivity index (χ3v) is 7.06. The number of likely N-dealkylation sites (tertiary alicyclic amines) is 1. The minimum absolute atomic E-state index is 0.107. The SMILES string of the molecule is CCc1nc2sc(C(c3ccc(Cl)cc3)N3CCC4(CC3)OCCO4)c(O)n2n1. The Labute approximate surface area is 177 Å². The van der Waals surface area contributed by atoms with E-state index in [9.17, 15) is 5.11 Å². The van der Waals surface area contributed by atoms with Crippen molar-refractivity contribution >= 4 is 27.9 Å². The molecule has 2 saturated heterocycles. The lowest BCUT2D eigenvalue weighted by Gasteiger charge is -2.41. The number of hydrogen-bond acceptors (Lipinski definition) is 7. The van der Waals surface area contributed by atoms with Crippen molar-refractivity contribution in [2.24, 2.45) is 0 Å². The summed E-state index contributed by atoms with van der Waals surface area (Å²) in [7, 11) is 0. The van der Waals surface area contributed by atoms with Crippen LogP contribution in [0.4, 0.5) is 0 Å². The van der Waals surface area contributed by atoms with Crippen molar-refractivity contribution in [2.75, 3.05) is 26.3 Å². The maximum atomic E-state index is 11.0. The third-order valence-electron chi connectivity index (χ3n) is 5.73. The summed E-state index contributed by atoms with van der Waals surface area (Å²) in [6.45, 7) is 4.94. The second-order valence-corrected chi connectivity index (χ2v) is 8.91. The topological polar surface area (TPSA) is 72.1 Å². The molecule has 2 aliphatic rings. The van der Waals surface area contributed by atoms with Crippen LogP contribution < -0.4 is 0 Å². The Balaban J connectivity index is 1.52. The summed E-state index contributed by atoms with van der Waals surface area (Å²) in [5.74, 6) is 0.451. The fraction of sp³-hybridized carbons (Fsp3) is 0.500. The van der Waals surface area contributed by atoms with Crippen LogP contribution in [0.1, 0.15) is 42.1 Å². The number of ether oxygens (including phenoxy) is 2. The molecule has 7 nitrogen and oxygen atoms in total. The summed E-state index contributed by atoms with van der Waals surface area (Å²) in [6, 6.07) is 7.72. The molecule has 0 saturated carbocycles. The summed E-state index contributed by atoms with van der Waals surface area (Å²) in [5.41, 5.74) is 1.08. The molecule has 0 bridgehead atoms. The number of benzene rings is 1. The van der Waals surface area contributed by atoms with Gasteiger partial charge in [-0.05, 0) is 17.7 Å². The van der Waals surface area contributed by atoms with Crippen LogP contribution in [0.3, 0.4) is 0 Å². The van der Waals surface area contributed by atoms with Gasteiger partial charge in [-0.2, -0.15) is 4.52 Å². The smallest absolute Gasteiger partial charge is 0.230 e. The Bertz CT molecular complexity index is 1000. The van der Waals surface area contributed by atoms with Crippen LogP contribution >= 0.6 is 22.9 Å². The first-order valence-electron chi connectivity index (χ1n) is 9.93. The van der Waals surface area contributed by atoms with E-state index in [2.05, 4.69) is 15.0 Å². The number of halogens is 1. The maximum Gasteiger partial charge on any atom is 0.230 e. The fourth-order valence-corrected chi connectivity index (χ4v) is 5.46. The van der Waals surface area contributed by atoms with Crippen LogP contribution in [0.25, 0.3) is 4.96 Å². The molecule has 1 spiro atoms. The third kappa shape index (κ3) is 3.43. The van der Waals surface area contributed by atoms with Crippen molar-refractivity contribution in [2.45, 2.75) is 38.0 Å². The molecular formula is C20H23ClN4O3S. The monoisotopic (exact) mass is 434 g/mol. The largest absolute Gasteiger partial charge is 0.492 e. The molecule has 2 aliphatic heterocycles. The first kappa shape index (κ1) is 19.3. The van der Waals surface area contributed by atoms with E-state index in [1.54, 1.807) is 4.52 Å². The number of rotatable bonds is 4. The Kier molecular flexibility index (Phi) is 4.99. The van der Waals surface area contributed by atoms with Crippen molar-refractivity contribution in [3.05, 3.63) is 45.6 Å². The molecule has 3 aromatic rings. The summed E-state index contributed by atoms with van der Waals surface area (Å²) in [4.78, 5) is 8.46. The molecule has 9 heteroatoms. The summed E-state index contributed by atoms with van der Waals surface area (Å²) >= 11 is 7.61. The first-order chi connectivity index (χ1) is 14.1. The van der Waals surface area contributed by atoms with Gasteiger partial charge in [-0.15, -0.1) is 5.10 Å². The predicted octanol–water partition coefficient (Wildman–Crippen LogP) is 3.64. The first-order valence-corrected chi connectivity index (χ1v) is 11.1. The van der Waals surface area contributed by atoms with Crippen LogP contribution in [0.5, 0.6) is 5.88 Å². The zero-order valence-corrected chi connectivity index (χ0v) is 17.7. The molecule has 5 rings (SSSR count). The lowest BCUT2D eigenvalue weighted by atomic mass is 9.97. The van der Waals surface area contributed by atoms with E-state index in [0.717, 1.165) is 48.6 Å². The fourth-order valence-electron chi connectivity index (χ4n) is 4.20. The number of aromatic nitrogens is 3. The van der Waals surface area contributed by atoms with E-state index in [4.69, 9.17) is 21.1 Å². The molecule has 1 N–H and O–H groups in total. The Hall–Kier alpha value is -1.71. The van der Waals surface area contributed by atoms with Crippen molar-refractivity contribution in [1.29, 1.82) is 0 Å². The molecule has 0 aliphatic carbocycles. The van der Waals surface area contributed by atoms with E-state index in [-0.39, 0.29) is 11.9 Å². The molecule has 0 amide bonds. The lowest BCUT2D eigenvalue weighted by molar-refractivity contribution is -0.187. The number of fused-ring (bicyclic) bond motifs is 1. The van der Waals surface area contributed by atoms with Gasteiger partial charge in [-0.1, -0.05) is 42.0 Å². The minimum Gasteiger partial charge on any atom is -0.492 e. The van der Waals surface area contributed by atoms with Gasteiger partial charge < -0.3 is 14.6 Å².